The first-order valence-electron chi connectivity index (χ1n) is 8.84. The molecule has 2 heteroatoms. The van der Waals surface area contributed by atoms with Crippen molar-refractivity contribution in [2.45, 2.75) is 82.7 Å². The van der Waals surface area contributed by atoms with Crippen LogP contribution in [-0.4, -0.2) is 30.1 Å². The van der Waals surface area contributed by atoms with Crippen LogP contribution in [0.15, 0.2) is 0 Å². The predicted octanol–water partition coefficient (Wildman–Crippen LogP) is 3.55. The van der Waals surface area contributed by atoms with Crippen LogP contribution in [0.5, 0.6) is 0 Å². The van der Waals surface area contributed by atoms with E-state index in [2.05, 4.69) is 4.90 Å². The molecule has 3 rings (SSSR count). The summed E-state index contributed by atoms with van der Waals surface area (Å²) >= 11 is 0. The summed E-state index contributed by atoms with van der Waals surface area (Å²) in [7, 11) is 0. The molecule has 2 unspecified atom stereocenters. The van der Waals surface area contributed by atoms with Gasteiger partial charge in [0.1, 0.15) is 0 Å². The molecule has 3 aliphatic rings. The molecule has 2 aliphatic carbocycles. The van der Waals surface area contributed by atoms with Gasteiger partial charge in [0.2, 0.25) is 0 Å². The van der Waals surface area contributed by atoms with Crippen molar-refractivity contribution < 1.29 is 0 Å². The lowest BCUT2D eigenvalue weighted by Crippen LogP contribution is -2.46. The van der Waals surface area contributed by atoms with Gasteiger partial charge in [-0.05, 0) is 56.9 Å². The molecule has 1 saturated heterocycles. The molecule has 1 heterocycles. The summed E-state index contributed by atoms with van der Waals surface area (Å²) in [5, 5.41) is 0. The summed E-state index contributed by atoms with van der Waals surface area (Å²) in [4.78, 5) is 2.77. The maximum atomic E-state index is 6.55. The highest BCUT2D eigenvalue weighted by molar-refractivity contribution is 4.90. The zero-order chi connectivity index (χ0) is 13.1. The van der Waals surface area contributed by atoms with Crippen molar-refractivity contribution in [2.24, 2.45) is 17.6 Å². The van der Waals surface area contributed by atoms with Crippen molar-refractivity contribution in [2.75, 3.05) is 13.1 Å². The van der Waals surface area contributed by atoms with E-state index in [1.807, 2.05) is 0 Å². The second kappa shape index (κ2) is 6.58. The summed E-state index contributed by atoms with van der Waals surface area (Å²) in [6.45, 7) is 2.51. The molecule has 0 bridgehead atoms. The Kier molecular flexibility index (Phi) is 4.81. The Bertz CT molecular complexity index is 266. The van der Waals surface area contributed by atoms with E-state index in [0.29, 0.717) is 6.04 Å². The molecular weight excluding hydrogens is 232 g/mol. The van der Waals surface area contributed by atoms with Crippen LogP contribution in [0.3, 0.4) is 0 Å². The molecule has 0 aromatic rings. The topological polar surface area (TPSA) is 29.3 Å². The van der Waals surface area contributed by atoms with Crippen LogP contribution in [0.2, 0.25) is 0 Å². The van der Waals surface area contributed by atoms with Crippen LogP contribution < -0.4 is 5.73 Å². The largest absolute Gasteiger partial charge is 0.326 e. The van der Waals surface area contributed by atoms with Crippen molar-refractivity contribution >= 4 is 0 Å². The monoisotopic (exact) mass is 264 g/mol. The molecule has 0 radical (unpaired) electrons. The van der Waals surface area contributed by atoms with Crippen LogP contribution in [0.4, 0.5) is 0 Å². The predicted molar refractivity (Wildman–Crippen MR) is 81.1 cm³/mol. The van der Waals surface area contributed by atoms with E-state index in [1.165, 1.54) is 83.7 Å². The van der Waals surface area contributed by atoms with Gasteiger partial charge in [0, 0.05) is 18.6 Å². The van der Waals surface area contributed by atoms with Crippen LogP contribution in [0.1, 0.15) is 70.6 Å². The van der Waals surface area contributed by atoms with Crippen LogP contribution in [0.25, 0.3) is 0 Å². The average molecular weight is 264 g/mol. The van der Waals surface area contributed by atoms with Crippen molar-refractivity contribution in [1.82, 2.24) is 4.90 Å². The maximum Gasteiger partial charge on any atom is 0.0196 e. The van der Waals surface area contributed by atoms with E-state index < -0.39 is 0 Å². The maximum absolute atomic E-state index is 6.55. The van der Waals surface area contributed by atoms with Gasteiger partial charge in [0.25, 0.3) is 0 Å². The number of hydrogen-bond donors (Lipinski definition) is 1. The number of nitrogens with zero attached hydrogens (tertiary/aromatic N) is 1. The third-order valence-corrected chi connectivity index (χ3v) is 6.06. The summed E-state index contributed by atoms with van der Waals surface area (Å²) in [6.07, 6.45) is 15.9. The fraction of sp³-hybridized carbons (Fsp3) is 1.00. The highest BCUT2D eigenvalue weighted by atomic mass is 15.2. The van der Waals surface area contributed by atoms with Crippen LogP contribution >= 0.6 is 0 Å². The molecule has 110 valence electrons. The SMILES string of the molecule is NC(CN1CCCC1C1CCCC1)C1CCCCC1. The number of nitrogens with two attached hydrogens (primary N) is 1. The Morgan fingerprint density at radius 3 is 2.26 bits per heavy atom. The molecule has 0 aromatic heterocycles. The van der Waals surface area contributed by atoms with Gasteiger partial charge in [-0.2, -0.15) is 0 Å². The lowest BCUT2D eigenvalue weighted by molar-refractivity contribution is 0.156. The molecule has 1 aliphatic heterocycles. The number of rotatable bonds is 4. The van der Waals surface area contributed by atoms with Gasteiger partial charge < -0.3 is 5.73 Å². The van der Waals surface area contributed by atoms with E-state index >= 15 is 0 Å². The normalized spacial score (nSPS) is 33.0. The smallest absolute Gasteiger partial charge is 0.0196 e. The van der Waals surface area contributed by atoms with Crippen molar-refractivity contribution in [3.8, 4) is 0 Å². The van der Waals surface area contributed by atoms with Gasteiger partial charge in [0.05, 0.1) is 0 Å². The van der Waals surface area contributed by atoms with Gasteiger partial charge >= 0.3 is 0 Å². The van der Waals surface area contributed by atoms with Crippen molar-refractivity contribution in [3.63, 3.8) is 0 Å². The van der Waals surface area contributed by atoms with Crippen molar-refractivity contribution in [3.05, 3.63) is 0 Å². The Morgan fingerprint density at radius 2 is 1.53 bits per heavy atom. The van der Waals surface area contributed by atoms with E-state index in [9.17, 15) is 0 Å². The molecular formula is C17H32N2. The highest BCUT2D eigenvalue weighted by Crippen LogP contribution is 2.36. The summed E-state index contributed by atoms with van der Waals surface area (Å²) in [6, 6.07) is 1.33. The molecule has 2 N–H and O–H groups in total. The Hall–Kier alpha value is -0.0800. The zero-order valence-electron chi connectivity index (χ0n) is 12.5. The van der Waals surface area contributed by atoms with E-state index in [1.54, 1.807) is 0 Å². The van der Waals surface area contributed by atoms with Gasteiger partial charge in [-0.3, -0.25) is 4.90 Å². The molecule has 3 fully saturated rings. The molecule has 2 atom stereocenters. The minimum atomic E-state index is 0.447. The molecule has 19 heavy (non-hydrogen) atoms. The van der Waals surface area contributed by atoms with E-state index in [4.69, 9.17) is 5.73 Å². The minimum Gasteiger partial charge on any atom is -0.326 e. The zero-order valence-corrected chi connectivity index (χ0v) is 12.5. The molecule has 0 spiro atoms. The lowest BCUT2D eigenvalue weighted by atomic mass is 9.84. The Balaban J connectivity index is 1.52. The second-order valence-electron chi connectivity index (χ2n) is 7.31. The summed E-state index contributed by atoms with van der Waals surface area (Å²) in [5.74, 6) is 1.82. The first-order chi connectivity index (χ1) is 9.34. The molecule has 2 nitrogen and oxygen atoms in total. The lowest BCUT2D eigenvalue weighted by Gasteiger charge is -2.35. The quantitative estimate of drug-likeness (QED) is 0.841. The fourth-order valence-corrected chi connectivity index (χ4v) is 4.94. The first-order valence-corrected chi connectivity index (χ1v) is 8.84. The average Bonchev–Trinajstić information content (AvgIpc) is 3.10. The van der Waals surface area contributed by atoms with Gasteiger partial charge in [-0.15, -0.1) is 0 Å². The first kappa shape index (κ1) is 13.9. The fourth-order valence-electron chi connectivity index (χ4n) is 4.94. The Morgan fingerprint density at radius 1 is 0.842 bits per heavy atom. The molecule has 0 aromatic carbocycles. The van der Waals surface area contributed by atoms with E-state index in [-0.39, 0.29) is 0 Å². The standard InChI is InChI=1S/C17H32N2/c18-16(14-7-2-1-3-8-14)13-19-12-6-11-17(19)15-9-4-5-10-15/h14-17H,1-13,18H2. The summed E-state index contributed by atoms with van der Waals surface area (Å²) < 4.78 is 0. The third-order valence-electron chi connectivity index (χ3n) is 6.06. The third kappa shape index (κ3) is 3.33. The van der Waals surface area contributed by atoms with Crippen LogP contribution in [-0.2, 0) is 0 Å². The summed E-state index contributed by atoms with van der Waals surface area (Å²) in [5.41, 5.74) is 6.55. The van der Waals surface area contributed by atoms with Crippen LogP contribution in [0, 0.1) is 11.8 Å². The molecule has 2 saturated carbocycles. The number of likely N-dealkylation sites (tertiary alicyclic amines) is 1. The highest BCUT2D eigenvalue weighted by Gasteiger charge is 2.34. The Labute approximate surface area is 119 Å². The number of hydrogen-bond acceptors (Lipinski definition) is 2. The van der Waals surface area contributed by atoms with E-state index in [0.717, 1.165) is 17.9 Å². The van der Waals surface area contributed by atoms with Crippen molar-refractivity contribution in [1.29, 1.82) is 0 Å². The van der Waals surface area contributed by atoms with Gasteiger partial charge in [0.15, 0.2) is 0 Å². The minimum absolute atomic E-state index is 0.447. The second-order valence-corrected chi connectivity index (χ2v) is 7.31. The molecule has 0 amide bonds. The van der Waals surface area contributed by atoms with Gasteiger partial charge in [-0.1, -0.05) is 32.1 Å². The van der Waals surface area contributed by atoms with Gasteiger partial charge in [-0.25, -0.2) is 0 Å².